The number of hydrogen-bond acceptors (Lipinski definition) is 4. The van der Waals surface area contributed by atoms with Gasteiger partial charge in [-0.15, -0.1) is 0 Å². The molecule has 0 radical (unpaired) electrons. The van der Waals surface area contributed by atoms with Crippen LogP contribution in [0.2, 0.25) is 0 Å². The van der Waals surface area contributed by atoms with Crippen LogP contribution in [0.1, 0.15) is 23.6 Å². The minimum absolute atomic E-state index is 0.0808. The van der Waals surface area contributed by atoms with E-state index in [0.717, 1.165) is 25.1 Å². The third-order valence-electron chi connectivity index (χ3n) is 3.44. The van der Waals surface area contributed by atoms with E-state index in [1.54, 1.807) is 12.1 Å². The van der Waals surface area contributed by atoms with Gasteiger partial charge in [0.05, 0.1) is 7.11 Å². The summed E-state index contributed by atoms with van der Waals surface area (Å²) in [7, 11) is 1.53. The maximum atomic E-state index is 9.58. The molecule has 2 rings (SSSR count). The largest absolute Gasteiger partial charge is 0.504 e. The molecule has 4 heteroatoms. The highest BCUT2D eigenvalue weighted by atomic mass is 16.5. The van der Waals surface area contributed by atoms with Crippen molar-refractivity contribution in [2.75, 3.05) is 13.7 Å². The van der Waals surface area contributed by atoms with E-state index >= 15 is 0 Å². The van der Waals surface area contributed by atoms with Crippen LogP contribution in [0.3, 0.4) is 0 Å². The Kier molecular flexibility index (Phi) is 5.60. The van der Waals surface area contributed by atoms with Crippen molar-refractivity contribution in [3.63, 3.8) is 0 Å². The Hall–Kier alpha value is -2.04. The first-order valence-electron chi connectivity index (χ1n) is 7.08. The van der Waals surface area contributed by atoms with Crippen molar-refractivity contribution < 1.29 is 9.84 Å². The summed E-state index contributed by atoms with van der Waals surface area (Å²) in [5.74, 6) is 0.593. The summed E-state index contributed by atoms with van der Waals surface area (Å²) >= 11 is 0. The number of rotatable bonds is 7. The molecule has 4 nitrogen and oxygen atoms in total. The van der Waals surface area contributed by atoms with Crippen LogP contribution in [0.5, 0.6) is 11.5 Å². The summed E-state index contributed by atoms with van der Waals surface area (Å²) in [5, 5.41) is 13.0. The van der Waals surface area contributed by atoms with Gasteiger partial charge in [0.1, 0.15) is 0 Å². The number of phenols is 1. The predicted octanol–water partition coefficient (Wildman–Crippen LogP) is 2.58. The molecular weight excluding hydrogens is 264 g/mol. The standard InChI is InChI=1S/C17H22N2O2/c1-21-17-11-14(7-8-16(17)20)15(18)9-10-19-12-13-5-3-2-4-6-13/h2-8,11,15,19-20H,9-10,12,18H2,1H3. The molecule has 112 valence electrons. The van der Waals surface area contributed by atoms with Crippen molar-refractivity contribution in [3.05, 3.63) is 59.7 Å². The van der Waals surface area contributed by atoms with Crippen LogP contribution < -0.4 is 15.8 Å². The molecule has 1 unspecified atom stereocenters. The summed E-state index contributed by atoms with van der Waals surface area (Å²) in [4.78, 5) is 0. The summed E-state index contributed by atoms with van der Waals surface area (Å²) in [6.45, 7) is 1.67. The minimum Gasteiger partial charge on any atom is -0.504 e. The fourth-order valence-electron chi connectivity index (χ4n) is 2.18. The Morgan fingerprint density at radius 3 is 2.67 bits per heavy atom. The lowest BCUT2D eigenvalue weighted by molar-refractivity contribution is 0.372. The molecule has 2 aromatic rings. The molecule has 0 amide bonds. The van der Waals surface area contributed by atoms with Gasteiger partial charge in [-0.1, -0.05) is 36.4 Å². The number of hydrogen-bond donors (Lipinski definition) is 3. The van der Waals surface area contributed by atoms with Crippen LogP contribution in [0.4, 0.5) is 0 Å². The van der Waals surface area contributed by atoms with E-state index in [1.165, 1.54) is 12.7 Å². The molecule has 0 heterocycles. The predicted molar refractivity (Wildman–Crippen MR) is 84.4 cm³/mol. The lowest BCUT2D eigenvalue weighted by Crippen LogP contribution is -2.20. The van der Waals surface area contributed by atoms with Gasteiger partial charge in [0, 0.05) is 12.6 Å². The zero-order valence-electron chi connectivity index (χ0n) is 12.3. The van der Waals surface area contributed by atoms with E-state index in [2.05, 4.69) is 17.4 Å². The third kappa shape index (κ3) is 4.48. The van der Waals surface area contributed by atoms with Crippen LogP contribution in [-0.4, -0.2) is 18.8 Å². The highest BCUT2D eigenvalue weighted by molar-refractivity contribution is 5.42. The highest BCUT2D eigenvalue weighted by Crippen LogP contribution is 2.28. The molecule has 2 aromatic carbocycles. The zero-order valence-corrected chi connectivity index (χ0v) is 12.3. The minimum atomic E-state index is -0.0808. The van der Waals surface area contributed by atoms with Gasteiger partial charge in [0.2, 0.25) is 0 Å². The molecule has 0 bridgehead atoms. The first-order chi connectivity index (χ1) is 10.2. The number of ether oxygens (including phenoxy) is 1. The average molecular weight is 286 g/mol. The summed E-state index contributed by atoms with van der Waals surface area (Å²) in [6.07, 6.45) is 0.820. The fourth-order valence-corrected chi connectivity index (χ4v) is 2.18. The van der Waals surface area contributed by atoms with E-state index in [9.17, 15) is 5.11 Å². The first kappa shape index (κ1) is 15.4. The summed E-state index contributed by atoms with van der Waals surface area (Å²) < 4.78 is 5.10. The lowest BCUT2D eigenvalue weighted by Gasteiger charge is -2.14. The van der Waals surface area contributed by atoms with Crippen molar-refractivity contribution in [2.45, 2.75) is 19.0 Å². The quantitative estimate of drug-likeness (QED) is 0.684. The van der Waals surface area contributed by atoms with Gasteiger partial charge in [-0.3, -0.25) is 0 Å². The molecule has 4 N–H and O–H groups in total. The van der Waals surface area contributed by atoms with Crippen molar-refractivity contribution in [1.29, 1.82) is 0 Å². The van der Waals surface area contributed by atoms with Crippen molar-refractivity contribution in [2.24, 2.45) is 5.73 Å². The van der Waals surface area contributed by atoms with Gasteiger partial charge in [0.15, 0.2) is 11.5 Å². The Morgan fingerprint density at radius 1 is 1.19 bits per heavy atom. The highest BCUT2D eigenvalue weighted by Gasteiger charge is 2.09. The third-order valence-corrected chi connectivity index (χ3v) is 3.44. The maximum Gasteiger partial charge on any atom is 0.160 e. The van der Waals surface area contributed by atoms with Crippen molar-refractivity contribution in [3.8, 4) is 11.5 Å². The Bertz CT molecular complexity index is 558. The fraction of sp³-hybridized carbons (Fsp3) is 0.294. The van der Waals surface area contributed by atoms with Crippen LogP contribution in [-0.2, 0) is 6.54 Å². The van der Waals surface area contributed by atoms with E-state index in [0.29, 0.717) is 5.75 Å². The molecule has 0 saturated heterocycles. The van der Waals surface area contributed by atoms with Gasteiger partial charge in [0.25, 0.3) is 0 Å². The summed E-state index contributed by atoms with van der Waals surface area (Å²) in [6, 6.07) is 15.4. The van der Waals surface area contributed by atoms with Crippen LogP contribution in [0, 0.1) is 0 Å². The zero-order chi connectivity index (χ0) is 15.1. The van der Waals surface area contributed by atoms with Crippen LogP contribution in [0.25, 0.3) is 0 Å². The van der Waals surface area contributed by atoms with E-state index < -0.39 is 0 Å². The summed E-state index contributed by atoms with van der Waals surface area (Å²) in [5.41, 5.74) is 8.40. The van der Waals surface area contributed by atoms with E-state index in [4.69, 9.17) is 10.5 Å². The lowest BCUT2D eigenvalue weighted by atomic mass is 10.0. The Labute approximate surface area is 125 Å². The number of phenolic OH excluding ortho intramolecular Hbond substituents is 1. The van der Waals surface area contributed by atoms with Gasteiger partial charge < -0.3 is 20.9 Å². The molecule has 0 aliphatic carbocycles. The normalized spacial score (nSPS) is 12.1. The second-order valence-corrected chi connectivity index (χ2v) is 4.99. The van der Waals surface area contributed by atoms with Gasteiger partial charge in [-0.2, -0.15) is 0 Å². The van der Waals surface area contributed by atoms with Gasteiger partial charge in [-0.25, -0.2) is 0 Å². The molecule has 0 aliphatic rings. The monoisotopic (exact) mass is 286 g/mol. The Morgan fingerprint density at radius 2 is 1.95 bits per heavy atom. The topological polar surface area (TPSA) is 67.5 Å². The number of benzene rings is 2. The first-order valence-corrected chi connectivity index (χ1v) is 7.08. The Balaban J connectivity index is 1.80. The second kappa shape index (κ2) is 7.67. The molecule has 0 aliphatic heterocycles. The van der Waals surface area contributed by atoms with Crippen molar-refractivity contribution in [1.82, 2.24) is 5.32 Å². The maximum absolute atomic E-state index is 9.58. The second-order valence-electron chi connectivity index (χ2n) is 4.99. The SMILES string of the molecule is COc1cc(C(N)CCNCc2ccccc2)ccc1O. The molecule has 21 heavy (non-hydrogen) atoms. The molecular formula is C17H22N2O2. The van der Waals surface area contributed by atoms with Crippen LogP contribution in [0.15, 0.2) is 48.5 Å². The average Bonchev–Trinajstić information content (AvgIpc) is 2.53. The van der Waals surface area contributed by atoms with Gasteiger partial charge >= 0.3 is 0 Å². The van der Waals surface area contributed by atoms with Crippen LogP contribution >= 0.6 is 0 Å². The van der Waals surface area contributed by atoms with E-state index in [1.807, 2.05) is 24.3 Å². The number of aromatic hydroxyl groups is 1. The van der Waals surface area contributed by atoms with Gasteiger partial charge in [-0.05, 0) is 36.2 Å². The smallest absolute Gasteiger partial charge is 0.160 e. The molecule has 0 saturated carbocycles. The molecule has 0 spiro atoms. The van der Waals surface area contributed by atoms with Crippen molar-refractivity contribution >= 4 is 0 Å². The molecule has 1 atom stereocenters. The number of methoxy groups -OCH3 is 1. The number of nitrogens with two attached hydrogens (primary N) is 1. The number of nitrogens with one attached hydrogen (secondary N) is 1. The molecule has 0 aromatic heterocycles. The molecule has 0 fully saturated rings. The van der Waals surface area contributed by atoms with E-state index in [-0.39, 0.29) is 11.8 Å².